The molecule has 0 spiro atoms. The molecule has 0 aliphatic rings. The van der Waals surface area contributed by atoms with E-state index >= 15 is 0 Å². The zero-order valence-corrected chi connectivity index (χ0v) is 33.3. The first-order valence-corrected chi connectivity index (χ1v) is 13.2. The summed E-state index contributed by atoms with van der Waals surface area (Å²) < 4.78 is 4.11. The molecular weight excluding hydrogens is 722 g/mol. The van der Waals surface area contributed by atoms with E-state index in [1.165, 1.54) is 44.5 Å². The predicted octanol–water partition coefficient (Wildman–Crippen LogP) is 6.73. The molecule has 8 nitrogen and oxygen atoms in total. The van der Waals surface area contributed by atoms with Crippen LogP contribution < -0.4 is 5.32 Å². The van der Waals surface area contributed by atoms with Gasteiger partial charge in [0.05, 0.1) is 0 Å². The molecule has 1 unspecified atom stereocenters. The molecule has 4 N–H and O–H groups in total. The van der Waals surface area contributed by atoms with E-state index in [4.69, 9.17) is 15.9 Å². The second-order valence-corrected chi connectivity index (χ2v) is 10.5. The predicted molar refractivity (Wildman–Crippen MR) is 175 cm³/mol. The van der Waals surface area contributed by atoms with Crippen LogP contribution in [0.3, 0.4) is 0 Å². The van der Waals surface area contributed by atoms with Gasteiger partial charge in [0.15, 0.2) is 0 Å². The molecule has 45 heavy (non-hydrogen) atoms. The summed E-state index contributed by atoms with van der Waals surface area (Å²) >= 11 is 0. The molecular formula is C35H50N2O6Y2-2. The molecule has 0 saturated heterocycles. The van der Waals surface area contributed by atoms with Crippen molar-refractivity contribution in [3.05, 3.63) is 118 Å². The Morgan fingerprint density at radius 3 is 1.29 bits per heavy atom. The number of carbonyl (C=O) groups excluding carboxylic acids is 2. The molecule has 0 aromatic heterocycles. The average molecular weight is 773 g/mol. The molecule has 10 heteroatoms. The van der Waals surface area contributed by atoms with Gasteiger partial charge in [-0.1, -0.05) is 93.1 Å². The molecule has 3 aromatic rings. The first-order chi connectivity index (χ1) is 19.0. The Kier molecular flexibility index (Phi) is 25.2. The maximum absolute atomic E-state index is 11.0. The van der Waals surface area contributed by atoms with Crippen molar-refractivity contribution in [3.63, 3.8) is 0 Å². The fraction of sp³-hybridized carbons (Fsp3) is 0.371. The smallest absolute Gasteiger partial charge is 0.352 e. The van der Waals surface area contributed by atoms with Gasteiger partial charge in [-0.2, -0.15) is 0 Å². The van der Waals surface area contributed by atoms with Gasteiger partial charge in [0.2, 0.25) is 0 Å². The first kappa shape index (κ1) is 50.1. The quantitative estimate of drug-likeness (QED) is 0.139. The average Bonchev–Trinajstić information content (AvgIpc) is 2.91. The number of aliphatic carboxylic acids is 1. The number of hydrogen-bond donors (Lipinski definition) is 3. The molecule has 0 aliphatic carbocycles. The number of likely N-dealkylation sites (N-methyl/N-ethyl adjacent to an activating group) is 1. The van der Waals surface area contributed by atoms with E-state index in [2.05, 4.69) is 121 Å². The Balaban J connectivity index is -0.000000276. The Morgan fingerprint density at radius 2 is 1.07 bits per heavy atom. The topological polar surface area (TPSA) is 137 Å². The summed E-state index contributed by atoms with van der Waals surface area (Å²) in [7, 11) is 1.07. The number of ether oxygens (including phenoxy) is 1. The van der Waals surface area contributed by atoms with Crippen LogP contribution in [-0.4, -0.2) is 47.4 Å². The minimum absolute atomic E-state index is 0. The summed E-state index contributed by atoms with van der Waals surface area (Å²) in [5.41, 5.74) is 14.6. The van der Waals surface area contributed by atoms with Gasteiger partial charge in [-0.3, -0.25) is 4.79 Å². The molecule has 0 fully saturated rings. The van der Waals surface area contributed by atoms with E-state index < -0.39 is 30.2 Å². The monoisotopic (exact) mass is 772 g/mol. The van der Waals surface area contributed by atoms with Crippen LogP contribution in [0, 0.1) is 49.0 Å². The van der Waals surface area contributed by atoms with Gasteiger partial charge < -0.3 is 38.2 Å². The molecule has 0 aliphatic heterocycles. The van der Waals surface area contributed by atoms with Crippen LogP contribution in [0.25, 0.3) is 5.73 Å². The Bertz CT molecular complexity index is 1230. The number of benzene rings is 3. The molecule has 1 atom stereocenters. The minimum atomic E-state index is -3.00. The van der Waals surface area contributed by atoms with Crippen molar-refractivity contribution >= 4 is 17.8 Å². The van der Waals surface area contributed by atoms with Crippen molar-refractivity contribution in [1.82, 2.24) is 5.32 Å². The SMILES string of the molecule is C.CNC(=O)C(OCO)(C([NH-])=O)C(=O)O.Cc1cc(C)c(C)cc1C.Cc1ccc(C(C)(C)c2ccc(C)cc2)cc1.[CH3-].[Y].[Y]. The summed E-state index contributed by atoms with van der Waals surface area (Å²) in [6, 6.07) is 22.1. The number of nitrogens with one attached hydrogen (secondary N) is 2. The molecule has 0 saturated carbocycles. The van der Waals surface area contributed by atoms with E-state index in [9.17, 15) is 14.4 Å². The van der Waals surface area contributed by atoms with E-state index in [0.29, 0.717) is 0 Å². The van der Waals surface area contributed by atoms with Crippen LogP contribution in [0.5, 0.6) is 0 Å². The zero-order valence-electron chi connectivity index (χ0n) is 27.7. The molecule has 3 aromatic carbocycles. The number of amides is 2. The van der Waals surface area contributed by atoms with Crippen molar-refractivity contribution in [2.24, 2.45) is 0 Å². The van der Waals surface area contributed by atoms with E-state index in [0.717, 1.165) is 7.05 Å². The molecule has 0 heterocycles. The molecule has 2 radical (unpaired) electrons. The summed E-state index contributed by atoms with van der Waals surface area (Å²) in [5.74, 6) is -5.04. The fourth-order valence-electron chi connectivity index (χ4n) is 3.98. The van der Waals surface area contributed by atoms with Gasteiger partial charge >= 0.3 is 5.97 Å². The van der Waals surface area contributed by atoms with Crippen LogP contribution in [0.1, 0.15) is 65.8 Å². The second kappa shape index (κ2) is 22.7. The largest absolute Gasteiger partial charge is 0.664 e. The van der Waals surface area contributed by atoms with E-state index in [1.807, 2.05) is 5.32 Å². The number of carbonyl (C=O) groups is 3. The third-order valence-electron chi connectivity index (χ3n) is 7.11. The maximum atomic E-state index is 11.0. The minimum Gasteiger partial charge on any atom is -0.664 e. The van der Waals surface area contributed by atoms with Crippen molar-refractivity contribution in [1.29, 1.82) is 0 Å². The van der Waals surface area contributed by atoms with Crippen LogP contribution >= 0.6 is 0 Å². The third kappa shape index (κ3) is 13.8. The van der Waals surface area contributed by atoms with Gasteiger partial charge in [-0.15, -0.1) is 0 Å². The zero-order chi connectivity index (χ0) is 31.5. The second-order valence-electron chi connectivity index (χ2n) is 10.5. The molecule has 0 bridgehead atoms. The third-order valence-corrected chi connectivity index (χ3v) is 7.11. The van der Waals surface area contributed by atoms with Crippen molar-refractivity contribution in [3.8, 4) is 0 Å². The number of rotatable bonds is 7. The van der Waals surface area contributed by atoms with Crippen LogP contribution in [0.4, 0.5) is 0 Å². The summed E-state index contributed by atoms with van der Waals surface area (Å²) in [4.78, 5) is 32.3. The van der Waals surface area contributed by atoms with Crippen LogP contribution in [0.2, 0.25) is 0 Å². The molecule has 2 amide bonds. The first-order valence-electron chi connectivity index (χ1n) is 13.2. The number of aliphatic hydroxyl groups excluding tert-OH is 1. The Morgan fingerprint density at radius 1 is 0.756 bits per heavy atom. The summed E-state index contributed by atoms with van der Waals surface area (Å²) in [6.45, 7) is 16.3. The van der Waals surface area contributed by atoms with Crippen molar-refractivity contribution in [2.45, 2.75) is 73.8 Å². The summed E-state index contributed by atoms with van der Waals surface area (Å²) in [6.07, 6.45) is 0. The van der Waals surface area contributed by atoms with E-state index in [1.54, 1.807) is 0 Å². The molecule has 244 valence electrons. The van der Waals surface area contributed by atoms with Gasteiger partial charge in [-0.05, 0) is 74.9 Å². The van der Waals surface area contributed by atoms with E-state index in [-0.39, 0.29) is 85.7 Å². The summed E-state index contributed by atoms with van der Waals surface area (Å²) in [5, 5.41) is 18.8. The maximum Gasteiger partial charge on any atom is 0.352 e. The standard InChI is InChI=1S/C17H20.C10H14.C6H10N2O6.CH4.CH3.2Y/c1-13-5-9-15(10-6-13)17(3,4)16-11-7-14(2)8-12-16;1-7-5-9(3)10(4)6-8(7)2;1-8-4(11)6(3(7)10,5(12)13)14-2-9;;;;/h5-12H,1-4H3;5-6H,1-4H3;9H,2H2,1H3,(H4,7,8,10,11,12,13);1H4;1H3;;/q;;;;-1;;/p-1. The number of carboxylic acids is 1. The van der Waals surface area contributed by atoms with Gasteiger partial charge in [-0.25, -0.2) is 4.79 Å². The van der Waals surface area contributed by atoms with Gasteiger partial charge in [0.1, 0.15) is 12.7 Å². The van der Waals surface area contributed by atoms with Gasteiger partial charge in [0.25, 0.3) is 11.5 Å². The Labute approximate surface area is 321 Å². The fourth-order valence-corrected chi connectivity index (χ4v) is 3.98. The van der Waals surface area contributed by atoms with Crippen molar-refractivity contribution in [2.75, 3.05) is 13.8 Å². The number of aryl methyl sites for hydroxylation is 6. The van der Waals surface area contributed by atoms with Crippen LogP contribution in [0.15, 0.2) is 60.7 Å². The molecule has 3 rings (SSSR count). The normalized spacial score (nSPS) is 11.0. The van der Waals surface area contributed by atoms with Crippen LogP contribution in [-0.2, 0) is 90.0 Å². The number of hydrogen-bond acceptors (Lipinski definition) is 5. The number of carboxylic acid groups (broad SMARTS) is 1. The van der Waals surface area contributed by atoms with Gasteiger partial charge in [0, 0.05) is 77.9 Å². The van der Waals surface area contributed by atoms with Crippen molar-refractivity contribution < 1.29 is 94.8 Å². The Hall–Kier alpha value is -1.80. The number of aliphatic hydroxyl groups is 1.